The van der Waals surface area contributed by atoms with E-state index in [1.165, 1.54) is 12.3 Å². The topological polar surface area (TPSA) is 195 Å². The first-order valence-electron chi connectivity index (χ1n) is 9.75. The van der Waals surface area contributed by atoms with Crippen LogP contribution in [0.5, 0.6) is 0 Å². The molecule has 0 bridgehead atoms. The normalized spacial score (nSPS) is 10.6. The van der Waals surface area contributed by atoms with Crippen molar-refractivity contribution in [3.05, 3.63) is 57.2 Å². The Morgan fingerprint density at radius 2 is 1.32 bits per heavy atom. The van der Waals surface area contributed by atoms with Crippen molar-refractivity contribution in [3.63, 3.8) is 0 Å². The number of hydrogen-bond acceptors (Lipinski definition) is 11. The number of aromatic nitrogens is 2. The van der Waals surface area contributed by atoms with Gasteiger partial charge in [-0.3, -0.25) is 10.1 Å². The molecule has 178 valence electrons. The van der Waals surface area contributed by atoms with Gasteiger partial charge in [-0.15, -0.1) is 0 Å². The highest BCUT2D eigenvalue weighted by atomic mass is 16.6. The van der Waals surface area contributed by atoms with Gasteiger partial charge < -0.3 is 15.2 Å². The van der Waals surface area contributed by atoms with Crippen molar-refractivity contribution in [3.8, 4) is 12.1 Å². The van der Waals surface area contributed by atoms with Crippen LogP contribution in [0, 0.1) is 32.8 Å². The van der Waals surface area contributed by atoms with E-state index in [-0.39, 0.29) is 16.9 Å². The summed E-state index contributed by atoms with van der Waals surface area (Å²) in [5.41, 5.74) is 3.78. The molecule has 2 N–H and O–H groups in total. The summed E-state index contributed by atoms with van der Waals surface area (Å²) in [5, 5.41) is 28.1. The van der Waals surface area contributed by atoms with Crippen LogP contribution in [0.4, 0.5) is 11.4 Å². The first-order valence-corrected chi connectivity index (χ1v) is 9.75. The minimum Gasteiger partial charge on any atom is -0.455 e. The van der Waals surface area contributed by atoms with Crippen LogP contribution in [-0.4, -0.2) is 38.0 Å². The van der Waals surface area contributed by atoms with E-state index in [1.54, 1.807) is 47.6 Å². The third-order valence-electron chi connectivity index (χ3n) is 3.42. The molecule has 0 aliphatic carbocycles. The number of esters is 2. The van der Waals surface area contributed by atoms with Gasteiger partial charge in [0.1, 0.15) is 23.3 Å². The Balaban J connectivity index is 0.000000342. The third-order valence-corrected chi connectivity index (χ3v) is 3.42. The maximum Gasteiger partial charge on any atom is 0.364 e. The molecule has 2 aromatic rings. The second-order valence-corrected chi connectivity index (χ2v) is 8.74. The molecular weight excluding hydrogens is 444 g/mol. The van der Waals surface area contributed by atoms with Crippen LogP contribution in [-0.2, 0) is 9.47 Å². The van der Waals surface area contributed by atoms with E-state index in [4.69, 9.17) is 25.7 Å². The Kier molecular flexibility index (Phi) is 8.74. The summed E-state index contributed by atoms with van der Waals surface area (Å²) in [6.07, 6.45) is 2.38. The van der Waals surface area contributed by atoms with Gasteiger partial charge in [0.25, 0.3) is 0 Å². The molecule has 0 saturated heterocycles. The van der Waals surface area contributed by atoms with Gasteiger partial charge in [-0.1, -0.05) is 0 Å². The minimum atomic E-state index is -0.890. The van der Waals surface area contributed by atoms with Crippen LogP contribution in [0.1, 0.15) is 73.6 Å². The van der Waals surface area contributed by atoms with E-state index >= 15 is 0 Å². The fourth-order valence-electron chi connectivity index (χ4n) is 2.18. The summed E-state index contributed by atoms with van der Waals surface area (Å²) in [6.45, 7) is 10.2. The molecular formula is C22H24N6O6. The molecule has 2 heterocycles. The Morgan fingerprint density at radius 3 is 1.71 bits per heavy atom. The number of ether oxygens (including phenoxy) is 2. The Hall–Kier alpha value is -4.58. The summed E-state index contributed by atoms with van der Waals surface area (Å²) in [7, 11) is 0. The quantitative estimate of drug-likeness (QED) is 0.394. The number of rotatable bonds is 3. The van der Waals surface area contributed by atoms with Crippen molar-refractivity contribution in [1.82, 2.24) is 9.97 Å². The zero-order valence-corrected chi connectivity index (χ0v) is 19.6. The van der Waals surface area contributed by atoms with Gasteiger partial charge in [0.15, 0.2) is 5.69 Å². The van der Waals surface area contributed by atoms with Crippen molar-refractivity contribution in [2.24, 2.45) is 0 Å². The molecule has 0 aromatic carbocycles. The van der Waals surface area contributed by atoms with Crippen LogP contribution in [0.15, 0.2) is 24.5 Å². The lowest BCUT2D eigenvalue weighted by molar-refractivity contribution is -0.385. The molecule has 0 saturated carbocycles. The summed E-state index contributed by atoms with van der Waals surface area (Å²) < 4.78 is 10.1. The molecule has 0 spiro atoms. The van der Waals surface area contributed by atoms with Crippen molar-refractivity contribution in [2.45, 2.75) is 52.7 Å². The molecule has 0 unspecified atom stereocenters. The maximum absolute atomic E-state index is 11.7. The van der Waals surface area contributed by atoms with Crippen LogP contribution in [0.2, 0.25) is 0 Å². The predicted octanol–water partition coefficient (Wildman–Crippen LogP) is 3.31. The van der Waals surface area contributed by atoms with Gasteiger partial charge >= 0.3 is 17.6 Å². The van der Waals surface area contributed by atoms with Crippen molar-refractivity contribution < 1.29 is 24.0 Å². The summed E-state index contributed by atoms with van der Waals surface area (Å²) in [6, 6.07) is 5.99. The van der Waals surface area contributed by atoms with E-state index in [1.807, 2.05) is 6.07 Å². The van der Waals surface area contributed by atoms with Crippen molar-refractivity contribution in [2.75, 3.05) is 5.73 Å². The molecule has 12 nitrogen and oxygen atoms in total. The van der Waals surface area contributed by atoms with Gasteiger partial charge in [0, 0.05) is 18.5 Å². The van der Waals surface area contributed by atoms with E-state index in [0.717, 1.165) is 12.3 Å². The lowest BCUT2D eigenvalue weighted by Gasteiger charge is -2.19. The average Bonchev–Trinajstić information content (AvgIpc) is 2.70. The van der Waals surface area contributed by atoms with Crippen LogP contribution < -0.4 is 5.73 Å². The lowest BCUT2D eigenvalue weighted by atomic mass is 10.2. The number of pyridine rings is 2. The summed E-state index contributed by atoms with van der Waals surface area (Å²) >= 11 is 0. The highest BCUT2D eigenvalue weighted by Crippen LogP contribution is 2.21. The van der Waals surface area contributed by atoms with Gasteiger partial charge in [0.05, 0.1) is 21.7 Å². The molecule has 34 heavy (non-hydrogen) atoms. The van der Waals surface area contributed by atoms with Crippen LogP contribution in [0.25, 0.3) is 0 Å². The number of nitro groups is 1. The van der Waals surface area contributed by atoms with Gasteiger partial charge in [-0.25, -0.2) is 19.6 Å². The number of nitrogen functional groups attached to an aromatic ring is 1. The molecule has 2 rings (SSSR count). The summed E-state index contributed by atoms with van der Waals surface area (Å²) in [4.78, 5) is 40.8. The first kappa shape index (κ1) is 27.5. The standard InChI is InChI=1S/C11H11N3O4.C11H13N3O2/c1-11(2,3)18-10(15)9-8(14(16)17)4-7(5-12)6-13-9;1-11(2,3)16-10(15)9-8(13)4-7(5-12)6-14-9/h4,6H,1-3H3;4,6H,13H2,1-3H3. The van der Waals surface area contributed by atoms with E-state index in [2.05, 4.69) is 9.97 Å². The Labute approximate surface area is 196 Å². The monoisotopic (exact) mass is 468 g/mol. The van der Waals surface area contributed by atoms with E-state index in [9.17, 15) is 19.7 Å². The van der Waals surface area contributed by atoms with E-state index in [0.29, 0.717) is 5.56 Å². The van der Waals surface area contributed by atoms with Crippen LogP contribution >= 0.6 is 0 Å². The maximum atomic E-state index is 11.7. The number of anilines is 1. The zero-order valence-electron chi connectivity index (χ0n) is 19.6. The van der Waals surface area contributed by atoms with Crippen molar-refractivity contribution in [1.29, 1.82) is 10.5 Å². The largest absolute Gasteiger partial charge is 0.455 e. The number of nitriles is 2. The third kappa shape index (κ3) is 8.51. The molecule has 0 fully saturated rings. The molecule has 0 amide bonds. The number of carbonyl (C=O) groups excluding carboxylic acids is 2. The Bertz CT molecular complexity index is 1180. The predicted molar refractivity (Wildman–Crippen MR) is 119 cm³/mol. The highest BCUT2D eigenvalue weighted by molar-refractivity contribution is 5.93. The van der Waals surface area contributed by atoms with Crippen LogP contribution in [0.3, 0.4) is 0 Å². The molecule has 0 radical (unpaired) electrons. The molecule has 0 aliphatic heterocycles. The fraction of sp³-hybridized carbons (Fsp3) is 0.364. The van der Waals surface area contributed by atoms with Gasteiger partial charge in [-0.05, 0) is 47.6 Å². The summed E-state index contributed by atoms with van der Waals surface area (Å²) in [5.74, 6) is -1.48. The number of nitrogens with zero attached hydrogens (tertiary/aromatic N) is 5. The highest BCUT2D eigenvalue weighted by Gasteiger charge is 2.27. The van der Waals surface area contributed by atoms with Gasteiger partial charge in [-0.2, -0.15) is 10.5 Å². The number of nitrogens with two attached hydrogens (primary N) is 1. The number of hydrogen-bond donors (Lipinski definition) is 1. The zero-order chi connectivity index (χ0) is 26.3. The minimum absolute atomic E-state index is 0.00834. The average molecular weight is 468 g/mol. The second-order valence-electron chi connectivity index (χ2n) is 8.74. The molecule has 0 atom stereocenters. The fourth-order valence-corrected chi connectivity index (χ4v) is 2.18. The SMILES string of the molecule is CC(C)(C)OC(=O)c1ncc(C#N)cc1N.CC(C)(C)OC(=O)c1ncc(C#N)cc1[N+](=O)[O-]. The molecule has 12 heteroatoms. The second kappa shape index (κ2) is 10.8. The van der Waals surface area contributed by atoms with Gasteiger partial charge in [0.2, 0.25) is 5.69 Å². The molecule has 0 aliphatic rings. The molecule has 2 aromatic heterocycles. The lowest BCUT2D eigenvalue weighted by Crippen LogP contribution is -2.25. The number of carbonyl (C=O) groups is 2. The van der Waals surface area contributed by atoms with Crippen molar-refractivity contribution >= 4 is 23.3 Å². The smallest absolute Gasteiger partial charge is 0.364 e. The first-order chi connectivity index (χ1) is 15.6. The Morgan fingerprint density at radius 1 is 0.912 bits per heavy atom. The van der Waals surface area contributed by atoms with E-state index < -0.39 is 39.4 Å².